The number of anilines is 1. The molecule has 0 radical (unpaired) electrons. The van der Waals surface area contributed by atoms with Crippen molar-refractivity contribution >= 4 is 17.4 Å². The monoisotopic (exact) mass is 297 g/mol. The lowest BCUT2D eigenvalue weighted by Crippen LogP contribution is -2.18. The van der Waals surface area contributed by atoms with Crippen molar-refractivity contribution in [1.29, 1.82) is 0 Å². The van der Waals surface area contributed by atoms with Gasteiger partial charge in [-0.3, -0.25) is 4.79 Å². The molecule has 0 spiro atoms. The Kier molecular flexibility index (Phi) is 2.99. The van der Waals surface area contributed by atoms with Crippen LogP contribution in [0.1, 0.15) is 51.7 Å². The van der Waals surface area contributed by atoms with Crippen LogP contribution in [0.25, 0.3) is 0 Å². The molecule has 0 amide bonds. The molecule has 2 aromatic rings. The Morgan fingerprint density at radius 3 is 2.95 bits per heavy atom. The minimum absolute atomic E-state index is 0.0635. The molecule has 2 heterocycles. The zero-order valence-electron chi connectivity index (χ0n) is 11.9. The van der Waals surface area contributed by atoms with E-state index in [1.165, 1.54) is 6.26 Å². The highest BCUT2D eigenvalue weighted by atomic mass is 16.5. The molecule has 4 rings (SSSR count). The summed E-state index contributed by atoms with van der Waals surface area (Å²) < 4.78 is 10.8. The molecule has 0 unspecified atom stereocenters. The second-order valence-electron chi connectivity index (χ2n) is 5.67. The van der Waals surface area contributed by atoms with E-state index in [0.29, 0.717) is 41.5 Å². The van der Waals surface area contributed by atoms with Gasteiger partial charge in [-0.25, -0.2) is 4.79 Å². The van der Waals surface area contributed by atoms with Crippen molar-refractivity contribution in [2.45, 2.75) is 25.2 Å². The Morgan fingerprint density at radius 1 is 1.27 bits per heavy atom. The molecule has 0 atom stereocenters. The summed E-state index contributed by atoms with van der Waals surface area (Å²) >= 11 is 0. The molecule has 112 valence electrons. The Hall–Kier alpha value is -2.56. The van der Waals surface area contributed by atoms with E-state index in [4.69, 9.17) is 9.15 Å². The number of Topliss-reactive ketones (excluding diaryl/α,β-unsaturated/α-hetero) is 1. The van der Waals surface area contributed by atoms with Crippen molar-refractivity contribution in [1.82, 2.24) is 0 Å². The predicted molar refractivity (Wildman–Crippen MR) is 79.5 cm³/mol. The van der Waals surface area contributed by atoms with Crippen molar-refractivity contribution < 1.29 is 18.7 Å². The molecular formula is C17H15NO4. The van der Waals surface area contributed by atoms with Crippen molar-refractivity contribution in [3.63, 3.8) is 0 Å². The van der Waals surface area contributed by atoms with E-state index in [9.17, 15) is 9.59 Å². The largest absolute Gasteiger partial charge is 0.468 e. The third kappa shape index (κ3) is 2.28. The lowest BCUT2D eigenvalue weighted by Gasteiger charge is -2.17. The van der Waals surface area contributed by atoms with E-state index in [1.807, 2.05) is 0 Å². The van der Waals surface area contributed by atoms with Crippen molar-refractivity contribution in [3.8, 4) is 5.75 Å². The number of esters is 1. The molecule has 22 heavy (non-hydrogen) atoms. The quantitative estimate of drug-likeness (QED) is 0.695. The number of ketones is 1. The van der Waals surface area contributed by atoms with Gasteiger partial charge < -0.3 is 14.5 Å². The third-order valence-electron chi connectivity index (χ3n) is 4.03. The number of rotatable bonds is 3. The van der Waals surface area contributed by atoms with Gasteiger partial charge in [0.1, 0.15) is 17.1 Å². The summed E-state index contributed by atoms with van der Waals surface area (Å²) in [6.45, 7) is 0.644. The molecule has 5 heteroatoms. The van der Waals surface area contributed by atoms with E-state index in [0.717, 1.165) is 18.5 Å². The van der Waals surface area contributed by atoms with Crippen LogP contribution in [0.3, 0.4) is 0 Å². The first-order chi connectivity index (χ1) is 10.7. The first-order valence-electron chi connectivity index (χ1n) is 7.43. The second-order valence-corrected chi connectivity index (χ2v) is 5.67. The highest BCUT2D eigenvalue weighted by Crippen LogP contribution is 2.42. The normalized spacial score (nSPS) is 16.8. The van der Waals surface area contributed by atoms with Crippen molar-refractivity contribution in [2.75, 3.05) is 11.9 Å². The highest BCUT2D eigenvalue weighted by Gasteiger charge is 2.32. The Bertz CT molecular complexity index is 758. The highest BCUT2D eigenvalue weighted by molar-refractivity contribution is 6.03. The van der Waals surface area contributed by atoms with Gasteiger partial charge >= 0.3 is 5.97 Å². The lowest BCUT2D eigenvalue weighted by atomic mass is 10.0. The zero-order chi connectivity index (χ0) is 15.1. The van der Waals surface area contributed by atoms with Gasteiger partial charge in [0.2, 0.25) is 0 Å². The topological polar surface area (TPSA) is 68.5 Å². The molecule has 1 aliphatic heterocycles. The molecule has 1 fully saturated rings. The van der Waals surface area contributed by atoms with E-state index in [1.54, 1.807) is 24.3 Å². The lowest BCUT2D eigenvalue weighted by molar-refractivity contribution is 0.0731. The van der Waals surface area contributed by atoms with Gasteiger partial charge in [-0.05, 0) is 37.1 Å². The molecule has 1 saturated carbocycles. The Labute approximate surface area is 127 Å². The summed E-state index contributed by atoms with van der Waals surface area (Å²) in [6, 6.07) is 6.73. The summed E-state index contributed by atoms with van der Waals surface area (Å²) in [5.74, 6) is 1.05. The van der Waals surface area contributed by atoms with Crippen LogP contribution in [0.4, 0.5) is 5.69 Å². The van der Waals surface area contributed by atoms with E-state index in [-0.39, 0.29) is 5.78 Å². The minimum Gasteiger partial charge on any atom is -0.468 e. The average molecular weight is 297 g/mol. The van der Waals surface area contributed by atoms with Gasteiger partial charge in [0, 0.05) is 30.1 Å². The molecule has 0 saturated heterocycles. The molecule has 2 aliphatic rings. The van der Waals surface area contributed by atoms with Gasteiger partial charge in [0.05, 0.1) is 6.26 Å². The van der Waals surface area contributed by atoms with Crippen LogP contribution in [0.15, 0.2) is 34.9 Å². The zero-order valence-corrected chi connectivity index (χ0v) is 11.9. The van der Waals surface area contributed by atoms with Gasteiger partial charge in [-0.15, -0.1) is 0 Å². The fraction of sp³-hybridized carbons (Fsp3) is 0.294. The summed E-state index contributed by atoms with van der Waals surface area (Å²) in [5.41, 5.74) is 1.84. The smallest absolute Gasteiger partial charge is 0.347 e. The molecular weight excluding hydrogens is 282 g/mol. The van der Waals surface area contributed by atoms with Crippen LogP contribution in [0.2, 0.25) is 0 Å². The number of carbonyl (C=O) groups excluding carboxylic acids is 2. The first kappa shape index (κ1) is 13.1. The standard InChI is InChI=1S/C17H15NO4/c19-15-5-7-18-14-4-3-11(9-13(14)15)22-17(20)12-6-8-21-16(12)10-1-2-10/h3-4,6,8-10,18H,1-2,5,7H2. The summed E-state index contributed by atoms with van der Waals surface area (Å²) in [5, 5.41) is 3.16. The summed E-state index contributed by atoms with van der Waals surface area (Å²) in [7, 11) is 0. The van der Waals surface area contributed by atoms with E-state index >= 15 is 0 Å². The number of benzene rings is 1. The molecule has 1 aromatic carbocycles. The number of fused-ring (bicyclic) bond motifs is 1. The van der Waals surface area contributed by atoms with E-state index < -0.39 is 5.97 Å². The van der Waals surface area contributed by atoms with Crippen LogP contribution in [0.5, 0.6) is 5.75 Å². The SMILES string of the molecule is O=C1CCNc2ccc(OC(=O)c3ccoc3C3CC3)cc21. The third-order valence-corrected chi connectivity index (χ3v) is 4.03. The first-order valence-corrected chi connectivity index (χ1v) is 7.43. The molecule has 5 nitrogen and oxygen atoms in total. The molecule has 1 aromatic heterocycles. The maximum absolute atomic E-state index is 12.3. The van der Waals surface area contributed by atoms with Gasteiger partial charge in [0.15, 0.2) is 5.78 Å². The number of hydrogen-bond donors (Lipinski definition) is 1. The van der Waals surface area contributed by atoms with Gasteiger partial charge in [-0.2, -0.15) is 0 Å². The molecule has 1 aliphatic carbocycles. The number of nitrogens with one attached hydrogen (secondary N) is 1. The minimum atomic E-state index is -0.438. The number of ether oxygens (including phenoxy) is 1. The van der Waals surface area contributed by atoms with Crippen LogP contribution in [-0.4, -0.2) is 18.3 Å². The van der Waals surface area contributed by atoms with Crippen molar-refractivity contribution in [2.24, 2.45) is 0 Å². The van der Waals surface area contributed by atoms with E-state index in [2.05, 4.69) is 5.32 Å². The summed E-state index contributed by atoms with van der Waals surface area (Å²) in [6.07, 6.45) is 4.07. The number of carbonyl (C=O) groups is 2. The molecule has 1 N–H and O–H groups in total. The molecule has 0 bridgehead atoms. The van der Waals surface area contributed by atoms with Gasteiger partial charge in [0.25, 0.3) is 0 Å². The fourth-order valence-electron chi connectivity index (χ4n) is 2.73. The number of furan rings is 1. The average Bonchev–Trinajstić information content (AvgIpc) is 3.25. The van der Waals surface area contributed by atoms with Crippen LogP contribution in [0, 0.1) is 0 Å². The van der Waals surface area contributed by atoms with Crippen LogP contribution < -0.4 is 10.1 Å². The maximum atomic E-state index is 12.3. The Balaban J connectivity index is 1.58. The fourth-order valence-corrected chi connectivity index (χ4v) is 2.73. The Morgan fingerprint density at radius 2 is 2.14 bits per heavy atom. The van der Waals surface area contributed by atoms with Crippen LogP contribution in [-0.2, 0) is 0 Å². The predicted octanol–water partition coefficient (Wildman–Crippen LogP) is 3.37. The summed E-state index contributed by atoms with van der Waals surface area (Å²) in [4.78, 5) is 24.2. The number of hydrogen-bond acceptors (Lipinski definition) is 5. The maximum Gasteiger partial charge on any atom is 0.347 e. The van der Waals surface area contributed by atoms with Gasteiger partial charge in [-0.1, -0.05) is 0 Å². The second kappa shape index (κ2) is 5.02. The van der Waals surface area contributed by atoms with Crippen molar-refractivity contribution in [3.05, 3.63) is 47.4 Å². The van der Waals surface area contributed by atoms with Crippen LogP contribution >= 0.6 is 0 Å².